The highest BCUT2D eigenvalue weighted by atomic mass is 32.1. The lowest BCUT2D eigenvalue weighted by Gasteiger charge is -2.14. The third-order valence-corrected chi connectivity index (χ3v) is 9.30. The number of allylic oxidation sites excluding steroid dienone is 7. The van der Waals surface area contributed by atoms with Crippen molar-refractivity contribution in [1.82, 2.24) is 9.97 Å². The molecule has 7 heterocycles. The van der Waals surface area contributed by atoms with E-state index in [1.54, 1.807) is 17.5 Å². The SMILES string of the molecule is CC1=CCC(C)=N1.CC1=CCC(C)=N1.CC1=CN=C(C)C1.CC1=CN=C(C)C1.CC1=CN=C(C)C1.Cc1ncc(C(C)(C)C)o1.Cc1ncc(C(C)(C)C)s1. The molecule has 0 saturated heterocycles. The lowest BCUT2D eigenvalue weighted by atomic mass is 9.94. The summed E-state index contributed by atoms with van der Waals surface area (Å²) in [6, 6.07) is 0. The van der Waals surface area contributed by atoms with Crippen LogP contribution in [-0.4, -0.2) is 38.5 Å². The van der Waals surface area contributed by atoms with Crippen LogP contribution in [0.3, 0.4) is 0 Å². The fraction of sp³-hybridized carbons (Fsp3) is 0.543. The average molecular weight is 770 g/mol. The Morgan fingerprint density at radius 1 is 0.509 bits per heavy atom. The molecule has 55 heavy (non-hydrogen) atoms. The summed E-state index contributed by atoms with van der Waals surface area (Å²) in [6.45, 7) is 37.4. The largest absolute Gasteiger partial charge is 0.445 e. The molecule has 0 radical (unpaired) electrons. The van der Waals surface area contributed by atoms with Crippen LogP contribution < -0.4 is 0 Å². The zero-order chi connectivity index (χ0) is 41.9. The predicted octanol–water partition coefficient (Wildman–Crippen LogP) is 13.8. The van der Waals surface area contributed by atoms with E-state index in [1.165, 1.54) is 50.2 Å². The summed E-state index contributed by atoms with van der Waals surface area (Å²) < 4.78 is 5.34. The monoisotopic (exact) mass is 770 g/mol. The lowest BCUT2D eigenvalue weighted by Crippen LogP contribution is -2.09. The maximum Gasteiger partial charge on any atom is 0.191 e. The van der Waals surface area contributed by atoms with E-state index in [9.17, 15) is 0 Å². The number of aryl methyl sites for hydroxylation is 2. The molecule has 9 heteroatoms. The molecule has 0 aliphatic carbocycles. The van der Waals surface area contributed by atoms with Crippen molar-refractivity contribution in [3.63, 3.8) is 0 Å². The minimum Gasteiger partial charge on any atom is -0.445 e. The van der Waals surface area contributed by atoms with Gasteiger partial charge in [0.25, 0.3) is 0 Å². The number of nitrogens with zero attached hydrogens (tertiary/aromatic N) is 7. The van der Waals surface area contributed by atoms with Crippen LogP contribution in [-0.2, 0) is 10.8 Å². The number of hydrogen-bond acceptors (Lipinski definition) is 9. The van der Waals surface area contributed by atoms with Crippen LogP contribution in [0.5, 0.6) is 0 Å². The molecule has 0 bridgehead atoms. The summed E-state index contributed by atoms with van der Waals surface area (Å²) in [4.78, 5) is 30.1. The highest BCUT2D eigenvalue weighted by Gasteiger charge is 2.18. The number of hydrogen-bond donors (Lipinski definition) is 0. The molecular weight excluding hydrogens is 699 g/mol. The number of thiazole rings is 1. The minimum atomic E-state index is 0.0846. The van der Waals surface area contributed by atoms with Crippen molar-refractivity contribution >= 4 is 39.9 Å². The van der Waals surface area contributed by atoms with Gasteiger partial charge in [0.05, 0.1) is 11.2 Å². The Kier molecular flexibility index (Phi) is 21.1. The topological polar surface area (TPSA) is 101 Å². The first kappa shape index (κ1) is 48.9. The second-order valence-electron chi connectivity index (χ2n) is 16.8. The van der Waals surface area contributed by atoms with Gasteiger partial charge < -0.3 is 4.42 Å². The summed E-state index contributed by atoms with van der Waals surface area (Å²) >= 11 is 1.78. The van der Waals surface area contributed by atoms with Gasteiger partial charge in [0.1, 0.15) is 5.76 Å². The van der Waals surface area contributed by atoms with Crippen LogP contribution in [0, 0.1) is 13.8 Å². The van der Waals surface area contributed by atoms with E-state index < -0.39 is 0 Å². The molecule has 0 spiro atoms. The van der Waals surface area contributed by atoms with Gasteiger partial charge in [-0.05, 0) is 98.3 Å². The van der Waals surface area contributed by atoms with Crippen molar-refractivity contribution in [2.24, 2.45) is 25.0 Å². The second kappa shape index (κ2) is 23.7. The van der Waals surface area contributed by atoms with Crippen molar-refractivity contribution in [2.75, 3.05) is 0 Å². The summed E-state index contributed by atoms with van der Waals surface area (Å²) in [5.41, 5.74) is 13.0. The van der Waals surface area contributed by atoms with Crippen molar-refractivity contribution < 1.29 is 4.42 Å². The molecule has 0 fully saturated rings. The summed E-state index contributed by atoms with van der Waals surface area (Å²) in [7, 11) is 0. The van der Waals surface area contributed by atoms with Crippen LogP contribution in [0.25, 0.3) is 0 Å². The Morgan fingerprint density at radius 3 is 1.02 bits per heavy atom. The van der Waals surface area contributed by atoms with E-state index in [-0.39, 0.29) is 10.8 Å². The Morgan fingerprint density at radius 2 is 0.909 bits per heavy atom. The molecule has 8 nitrogen and oxygen atoms in total. The van der Waals surface area contributed by atoms with Gasteiger partial charge in [-0.25, -0.2) is 9.97 Å². The van der Waals surface area contributed by atoms with Crippen molar-refractivity contribution in [1.29, 1.82) is 0 Å². The standard InChI is InChI=1S/C8H13NO.C8H13NS.5C6H9N/c2*1-6-9-5-7(10-6)8(2,3)4;3*1-5-3-6(2)7-4-5;2*1-5-3-4-6(2)7-5/h2*5H,1-4H3;3*4H,3H2,1-2H3;2*3H,4H2,1-2H3. The highest BCUT2D eigenvalue weighted by Crippen LogP contribution is 2.27. The Labute approximate surface area is 338 Å². The number of oxazole rings is 1. The van der Waals surface area contributed by atoms with Gasteiger partial charge in [-0.3, -0.25) is 25.0 Å². The number of aliphatic imine (C=N–C) groups is 5. The van der Waals surface area contributed by atoms with Crippen LogP contribution >= 0.6 is 11.3 Å². The smallest absolute Gasteiger partial charge is 0.191 e. The molecule has 0 atom stereocenters. The molecule has 5 aliphatic rings. The maximum absolute atomic E-state index is 5.34. The van der Waals surface area contributed by atoms with Crippen LogP contribution in [0.15, 0.2) is 101 Å². The zero-order valence-corrected chi connectivity index (χ0v) is 38.3. The third-order valence-electron chi connectivity index (χ3n) is 7.96. The van der Waals surface area contributed by atoms with E-state index in [4.69, 9.17) is 4.42 Å². The molecule has 2 aromatic heterocycles. The summed E-state index contributed by atoms with van der Waals surface area (Å²) in [5.74, 6) is 1.69. The molecule has 7 rings (SSSR count). The molecule has 2 aromatic rings. The molecule has 302 valence electrons. The van der Waals surface area contributed by atoms with Crippen molar-refractivity contribution in [3.8, 4) is 0 Å². The fourth-order valence-corrected chi connectivity index (χ4v) is 5.77. The third kappa shape index (κ3) is 22.8. The molecule has 5 aliphatic heterocycles. The van der Waals surface area contributed by atoms with E-state index in [2.05, 4.69) is 109 Å². The first-order valence-electron chi connectivity index (χ1n) is 19.3. The van der Waals surface area contributed by atoms with Gasteiger partial charge in [-0.2, -0.15) is 0 Å². The van der Waals surface area contributed by atoms with E-state index in [1.807, 2.05) is 87.1 Å². The van der Waals surface area contributed by atoms with E-state index in [0.29, 0.717) is 0 Å². The van der Waals surface area contributed by atoms with Crippen molar-refractivity contribution in [3.05, 3.63) is 92.8 Å². The number of aromatic nitrogens is 2. The van der Waals surface area contributed by atoms with Gasteiger partial charge in [-0.15, -0.1) is 11.3 Å². The lowest BCUT2D eigenvalue weighted by molar-refractivity contribution is 0.392. The van der Waals surface area contributed by atoms with Gasteiger partial charge in [0.15, 0.2) is 5.89 Å². The van der Waals surface area contributed by atoms with Crippen LogP contribution in [0.1, 0.15) is 164 Å². The van der Waals surface area contributed by atoms with Gasteiger partial charge in [-0.1, -0.05) is 53.7 Å². The number of rotatable bonds is 0. The molecule has 0 aromatic carbocycles. The minimum absolute atomic E-state index is 0.0846. The predicted molar refractivity (Wildman–Crippen MR) is 243 cm³/mol. The highest BCUT2D eigenvalue weighted by molar-refractivity contribution is 7.11. The van der Waals surface area contributed by atoms with Gasteiger partial charge in [0, 0.05) is 114 Å². The van der Waals surface area contributed by atoms with Crippen molar-refractivity contribution in [2.45, 2.75) is 168 Å². The molecular formula is C46H71N7OS. The average Bonchev–Trinajstić information content (AvgIpc) is 3.93. The fourth-order valence-electron chi connectivity index (χ4n) is 4.94. The van der Waals surface area contributed by atoms with E-state index in [0.717, 1.165) is 60.2 Å². The summed E-state index contributed by atoms with van der Waals surface area (Å²) in [5, 5.41) is 1.16. The van der Waals surface area contributed by atoms with Gasteiger partial charge >= 0.3 is 0 Å². The Hall–Kier alpha value is -4.11. The first-order valence-corrected chi connectivity index (χ1v) is 20.1. The first-order chi connectivity index (χ1) is 25.4. The summed E-state index contributed by atoms with van der Waals surface area (Å²) in [6.07, 6.45) is 19.2. The maximum atomic E-state index is 5.34. The molecule has 0 saturated carbocycles. The van der Waals surface area contributed by atoms with Crippen LogP contribution in [0.4, 0.5) is 0 Å². The molecule has 0 N–H and O–H groups in total. The quantitative estimate of drug-likeness (QED) is 0.267. The second-order valence-corrected chi connectivity index (χ2v) is 18.1. The Bertz CT molecular complexity index is 1640. The van der Waals surface area contributed by atoms with Gasteiger partial charge in [0.2, 0.25) is 0 Å². The molecule has 0 unspecified atom stereocenters. The van der Waals surface area contributed by atoms with E-state index >= 15 is 0 Å². The molecule has 0 amide bonds. The Balaban J connectivity index is 0.000000323. The zero-order valence-electron chi connectivity index (χ0n) is 37.5. The normalized spacial score (nSPS) is 16.5. The van der Waals surface area contributed by atoms with Crippen LogP contribution in [0.2, 0.25) is 0 Å².